The Morgan fingerprint density at radius 3 is 2.33 bits per heavy atom. The first kappa shape index (κ1) is 18.9. The molecule has 2 aromatic rings. The number of amides is 3. The van der Waals surface area contributed by atoms with Crippen molar-refractivity contribution in [1.29, 1.82) is 0 Å². The number of hydrogen-bond acceptors (Lipinski definition) is 4. The van der Waals surface area contributed by atoms with E-state index < -0.39 is 5.54 Å². The second-order valence-corrected chi connectivity index (χ2v) is 6.79. The fraction of sp³-hybridized carbons (Fsp3) is 0.333. The molecule has 1 aliphatic rings. The number of imide groups is 1. The second kappa shape index (κ2) is 7.80. The minimum atomic E-state index is -0.987. The van der Waals surface area contributed by atoms with E-state index in [1.807, 2.05) is 73.5 Å². The fourth-order valence-corrected chi connectivity index (χ4v) is 3.45. The molecule has 6 heteroatoms. The first-order chi connectivity index (χ1) is 13.0. The van der Waals surface area contributed by atoms with E-state index in [2.05, 4.69) is 5.32 Å². The summed E-state index contributed by atoms with van der Waals surface area (Å²) in [6.45, 7) is 2.76. The molecule has 1 heterocycles. The van der Waals surface area contributed by atoms with Crippen molar-refractivity contribution >= 4 is 11.9 Å². The highest BCUT2D eigenvalue weighted by Gasteiger charge is 2.51. The average Bonchev–Trinajstić information content (AvgIpc) is 2.94. The summed E-state index contributed by atoms with van der Waals surface area (Å²) in [6, 6.07) is 16.8. The molecule has 0 spiro atoms. The third kappa shape index (κ3) is 3.66. The molecule has 6 nitrogen and oxygen atoms in total. The lowest BCUT2D eigenvalue weighted by Crippen LogP contribution is -2.44. The van der Waals surface area contributed by atoms with Crippen LogP contribution in [0, 0.1) is 0 Å². The van der Waals surface area contributed by atoms with Crippen molar-refractivity contribution in [3.05, 3.63) is 65.7 Å². The van der Waals surface area contributed by atoms with Gasteiger partial charge in [0.25, 0.3) is 5.91 Å². The van der Waals surface area contributed by atoms with Crippen LogP contribution in [-0.2, 0) is 16.9 Å². The van der Waals surface area contributed by atoms with Crippen LogP contribution >= 0.6 is 0 Å². The van der Waals surface area contributed by atoms with Crippen molar-refractivity contribution in [2.45, 2.75) is 25.4 Å². The van der Waals surface area contributed by atoms with Gasteiger partial charge in [0.15, 0.2) is 0 Å². The number of rotatable bonds is 7. The maximum atomic E-state index is 13.1. The molecule has 1 atom stereocenters. The van der Waals surface area contributed by atoms with Crippen LogP contribution in [0.25, 0.3) is 0 Å². The number of carbonyl (C=O) groups is 2. The number of benzene rings is 2. The van der Waals surface area contributed by atoms with Crippen LogP contribution in [0.5, 0.6) is 5.75 Å². The van der Waals surface area contributed by atoms with Gasteiger partial charge in [-0.3, -0.25) is 9.69 Å². The minimum absolute atomic E-state index is 0.206. The predicted octanol–water partition coefficient (Wildman–Crippen LogP) is 2.94. The third-order valence-corrected chi connectivity index (χ3v) is 4.97. The van der Waals surface area contributed by atoms with E-state index in [9.17, 15) is 9.59 Å². The summed E-state index contributed by atoms with van der Waals surface area (Å²) in [5.41, 5.74) is 0.903. The smallest absolute Gasteiger partial charge is 0.326 e. The SMILES string of the molecule is CC[C@]1(c2ccccc2)NC(=O)N(CN(C)Cc2ccc(OC)cc2)C1=O. The zero-order chi connectivity index (χ0) is 19.4. The highest BCUT2D eigenvalue weighted by Crippen LogP contribution is 2.32. The highest BCUT2D eigenvalue weighted by atomic mass is 16.5. The van der Waals surface area contributed by atoms with Gasteiger partial charge < -0.3 is 10.1 Å². The van der Waals surface area contributed by atoms with Gasteiger partial charge in [-0.25, -0.2) is 9.69 Å². The maximum absolute atomic E-state index is 13.1. The van der Waals surface area contributed by atoms with Crippen LogP contribution in [0.1, 0.15) is 24.5 Å². The van der Waals surface area contributed by atoms with Gasteiger partial charge in [-0.1, -0.05) is 49.4 Å². The third-order valence-electron chi connectivity index (χ3n) is 4.97. The summed E-state index contributed by atoms with van der Waals surface area (Å²) in [5, 5.41) is 2.91. The molecule has 1 saturated heterocycles. The molecule has 1 fully saturated rings. The Labute approximate surface area is 159 Å². The van der Waals surface area contributed by atoms with Crippen molar-refractivity contribution in [3.63, 3.8) is 0 Å². The number of ether oxygens (including phenoxy) is 1. The van der Waals surface area contributed by atoms with E-state index in [1.165, 1.54) is 4.90 Å². The molecule has 2 aromatic carbocycles. The van der Waals surface area contributed by atoms with Gasteiger partial charge in [0.05, 0.1) is 13.8 Å². The highest BCUT2D eigenvalue weighted by molar-refractivity contribution is 6.07. The Bertz CT molecular complexity index is 807. The van der Waals surface area contributed by atoms with Crippen LogP contribution in [0.3, 0.4) is 0 Å². The van der Waals surface area contributed by atoms with Crippen molar-refractivity contribution in [2.75, 3.05) is 20.8 Å². The Kier molecular flexibility index (Phi) is 5.46. The van der Waals surface area contributed by atoms with Gasteiger partial charge in [-0.2, -0.15) is 0 Å². The van der Waals surface area contributed by atoms with Gasteiger partial charge >= 0.3 is 6.03 Å². The van der Waals surface area contributed by atoms with Crippen LogP contribution in [-0.4, -0.2) is 42.6 Å². The fourth-order valence-electron chi connectivity index (χ4n) is 3.45. The Morgan fingerprint density at radius 2 is 1.74 bits per heavy atom. The lowest BCUT2D eigenvalue weighted by Gasteiger charge is -2.27. The number of carbonyl (C=O) groups excluding carboxylic acids is 2. The summed E-state index contributed by atoms with van der Waals surface area (Å²) >= 11 is 0. The predicted molar refractivity (Wildman–Crippen MR) is 103 cm³/mol. The van der Waals surface area contributed by atoms with Crippen molar-refractivity contribution in [3.8, 4) is 5.75 Å². The molecule has 0 aliphatic carbocycles. The molecule has 142 valence electrons. The summed E-state index contributed by atoms with van der Waals surface area (Å²) < 4.78 is 5.17. The number of hydrogen-bond donors (Lipinski definition) is 1. The molecule has 0 saturated carbocycles. The van der Waals surface area contributed by atoms with E-state index in [1.54, 1.807) is 7.11 Å². The van der Waals surface area contributed by atoms with Crippen LogP contribution in [0.15, 0.2) is 54.6 Å². The number of nitrogens with one attached hydrogen (secondary N) is 1. The molecule has 1 N–H and O–H groups in total. The zero-order valence-electron chi connectivity index (χ0n) is 15.9. The van der Waals surface area contributed by atoms with Crippen molar-refractivity contribution < 1.29 is 14.3 Å². The standard InChI is InChI=1S/C21H25N3O3/c1-4-21(17-8-6-5-7-9-17)19(25)24(20(26)22-21)15-23(2)14-16-10-12-18(27-3)13-11-16/h5-13H,4,14-15H2,1-3H3,(H,22,26)/t21-/m1/s1. The number of methoxy groups -OCH3 is 1. The molecule has 0 radical (unpaired) electrons. The van der Waals surface area contributed by atoms with Crippen LogP contribution < -0.4 is 10.1 Å². The normalized spacial score (nSPS) is 19.5. The molecule has 3 rings (SSSR count). The molecule has 3 amide bonds. The second-order valence-electron chi connectivity index (χ2n) is 6.79. The summed E-state index contributed by atoms with van der Waals surface area (Å²) in [4.78, 5) is 28.9. The Morgan fingerprint density at radius 1 is 1.07 bits per heavy atom. The molecular weight excluding hydrogens is 342 g/mol. The topological polar surface area (TPSA) is 61.9 Å². The minimum Gasteiger partial charge on any atom is -0.497 e. The summed E-state index contributed by atoms with van der Waals surface area (Å²) in [5.74, 6) is 0.592. The monoisotopic (exact) mass is 367 g/mol. The number of nitrogens with zero attached hydrogens (tertiary/aromatic N) is 2. The first-order valence-corrected chi connectivity index (χ1v) is 9.01. The molecular formula is C21H25N3O3. The maximum Gasteiger partial charge on any atom is 0.326 e. The Hall–Kier alpha value is -2.86. The molecule has 0 aromatic heterocycles. The molecule has 0 unspecified atom stereocenters. The largest absolute Gasteiger partial charge is 0.497 e. The van der Waals surface area contributed by atoms with E-state index in [4.69, 9.17) is 4.74 Å². The van der Waals surface area contributed by atoms with Gasteiger partial charge in [-0.15, -0.1) is 0 Å². The van der Waals surface area contributed by atoms with E-state index in [0.29, 0.717) is 13.0 Å². The summed E-state index contributed by atoms with van der Waals surface area (Å²) in [7, 11) is 3.52. The first-order valence-electron chi connectivity index (χ1n) is 9.01. The summed E-state index contributed by atoms with van der Waals surface area (Å²) in [6.07, 6.45) is 0.500. The van der Waals surface area contributed by atoms with Crippen LogP contribution in [0.2, 0.25) is 0 Å². The molecule has 1 aliphatic heterocycles. The molecule has 27 heavy (non-hydrogen) atoms. The van der Waals surface area contributed by atoms with Gasteiger partial charge in [0.1, 0.15) is 11.3 Å². The van der Waals surface area contributed by atoms with E-state index in [0.717, 1.165) is 16.9 Å². The Balaban J connectivity index is 1.73. The van der Waals surface area contributed by atoms with Crippen molar-refractivity contribution in [1.82, 2.24) is 15.1 Å². The lowest BCUT2D eigenvalue weighted by atomic mass is 9.87. The zero-order valence-corrected chi connectivity index (χ0v) is 15.9. The van der Waals surface area contributed by atoms with Gasteiger partial charge in [-0.05, 0) is 36.7 Å². The number of urea groups is 1. The average molecular weight is 367 g/mol. The van der Waals surface area contributed by atoms with E-state index in [-0.39, 0.29) is 18.6 Å². The van der Waals surface area contributed by atoms with Crippen LogP contribution in [0.4, 0.5) is 4.79 Å². The van der Waals surface area contributed by atoms with E-state index >= 15 is 0 Å². The molecule has 0 bridgehead atoms. The van der Waals surface area contributed by atoms with Crippen molar-refractivity contribution in [2.24, 2.45) is 0 Å². The van der Waals surface area contributed by atoms with Gasteiger partial charge in [0, 0.05) is 6.54 Å². The quantitative estimate of drug-likeness (QED) is 0.765. The lowest BCUT2D eigenvalue weighted by molar-refractivity contribution is -0.133. The van der Waals surface area contributed by atoms with Gasteiger partial charge in [0.2, 0.25) is 0 Å².